The van der Waals surface area contributed by atoms with Crippen LogP contribution in [-0.2, 0) is 4.74 Å². The van der Waals surface area contributed by atoms with Gasteiger partial charge in [-0.1, -0.05) is 6.07 Å². The number of benzene rings is 2. The van der Waals surface area contributed by atoms with Crippen LogP contribution < -0.4 is 20.7 Å². The molecule has 2 aliphatic rings. The fraction of sp³-hybridized carbons (Fsp3) is 0.400. The molecule has 2 N–H and O–H groups in total. The van der Waals surface area contributed by atoms with Gasteiger partial charge in [-0.25, -0.2) is 17.6 Å². The summed E-state index contributed by atoms with van der Waals surface area (Å²) in [4.78, 5) is 33.2. The Balaban J connectivity index is 1.56. The molecule has 0 aliphatic carbocycles. The average Bonchev–Trinajstić information content (AvgIpc) is 2.96. The highest BCUT2D eigenvalue weighted by Crippen LogP contribution is 2.37. The summed E-state index contributed by atoms with van der Waals surface area (Å²) in [5.41, 5.74) is -0.701. The van der Waals surface area contributed by atoms with Crippen LogP contribution in [0.4, 0.5) is 34.6 Å². The van der Waals surface area contributed by atoms with Gasteiger partial charge in [-0.15, -0.1) is 0 Å². The van der Waals surface area contributed by atoms with Crippen molar-refractivity contribution in [1.29, 1.82) is 0 Å². The molecular weight excluding hydrogens is 554 g/mol. The number of H-pyrrole nitrogens is 1. The number of rotatable bonds is 6. The summed E-state index contributed by atoms with van der Waals surface area (Å²) >= 11 is 0. The van der Waals surface area contributed by atoms with E-state index >= 15 is 8.78 Å². The predicted molar refractivity (Wildman–Crippen MR) is 154 cm³/mol. The van der Waals surface area contributed by atoms with Crippen molar-refractivity contribution in [1.82, 2.24) is 9.88 Å². The zero-order valence-electron chi connectivity index (χ0n) is 23.6. The number of nitrogens with one attached hydrogen (secondary N) is 2. The topological polar surface area (TPSA) is 80.9 Å². The summed E-state index contributed by atoms with van der Waals surface area (Å²) in [7, 11) is 2.00. The minimum atomic E-state index is -3.07. The van der Waals surface area contributed by atoms with E-state index in [9.17, 15) is 18.4 Å². The lowest BCUT2D eigenvalue weighted by Crippen LogP contribution is -2.55. The molecule has 0 radical (unpaired) electrons. The van der Waals surface area contributed by atoms with E-state index in [1.807, 2.05) is 30.7 Å². The third-order valence-electron chi connectivity index (χ3n) is 8.08. The number of carbonyl (C=O) groups excluding carboxylic acids is 1. The smallest absolute Gasteiger partial charge is 0.264 e. The first-order chi connectivity index (χ1) is 20.0. The van der Waals surface area contributed by atoms with Crippen molar-refractivity contribution < 1.29 is 27.1 Å². The summed E-state index contributed by atoms with van der Waals surface area (Å²) in [5, 5.41) is 2.66. The van der Waals surface area contributed by atoms with Crippen LogP contribution in [0.1, 0.15) is 36.2 Å². The van der Waals surface area contributed by atoms with Gasteiger partial charge < -0.3 is 24.8 Å². The summed E-state index contributed by atoms with van der Waals surface area (Å²) in [5.74, 6) is -2.05. The lowest BCUT2D eigenvalue weighted by molar-refractivity contribution is 0.101. The maximum absolute atomic E-state index is 15.8. The Hall–Kier alpha value is -3.90. The number of hydrogen-bond acceptors (Lipinski definition) is 6. The Bertz CT molecular complexity index is 1510. The van der Waals surface area contributed by atoms with Gasteiger partial charge in [0.05, 0.1) is 35.8 Å². The highest BCUT2D eigenvalue weighted by molar-refractivity contribution is 6.07. The van der Waals surface area contributed by atoms with Crippen LogP contribution in [-0.4, -0.2) is 74.3 Å². The summed E-state index contributed by atoms with van der Waals surface area (Å²) in [6.45, 7) is 7.11. The minimum Gasteiger partial charge on any atom is -0.378 e. The molecule has 3 aromatic rings. The minimum absolute atomic E-state index is 0.0345. The Kier molecular flexibility index (Phi) is 8.55. The van der Waals surface area contributed by atoms with Crippen LogP contribution in [0.25, 0.3) is 11.1 Å². The molecule has 2 fully saturated rings. The molecule has 0 saturated carbocycles. The van der Waals surface area contributed by atoms with E-state index in [1.54, 1.807) is 12.1 Å². The Labute approximate surface area is 240 Å². The fourth-order valence-corrected chi connectivity index (χ4v) is 5.54. The van der Waals surface area contributed by atoms with Gasteiger partial charge in [-0.2, -0.15) is 0 Å². The third kappa shape index (κ3) is 6.00. The van der Waals surface area contributed by atoms with E-state index in [0.717, 1.165) is 6.20 Å². The van der Waals surface area contributed by atoms with Crippen molar-refractivity contribution in [2.45, 2.75) is 32.4 Å². The third-order valence-corrected chi connectivity index (χ3v) is 8.08. The molecular formula is C30H33F4N5O3. The maximum Gasteiger partial charge on any atom is 0.264 e. The summed E-state index contributed by atoms with van der Waals surface area (Å²) in [6.07, 6.45) is -2.13. The van der Waals surface area contributed by atoms with E-state index in [0.29, 0.717) is 56.8 Å². The van der Waals surface area contributed by atoms with Gasteiger partial charge in [0, 0.05) is 61.7 Å². The second-order valence-corrected chi connectivity index (χ2v) is 10.8. The van der Waals surface area contributed by atoms with Crippen LogP contribution >= 0.6 is 0 Å². The number of hydrogen-bond donors (Lipinski definition) is 2. The second kappa shape index (κ2) is 12.1. The van der Waals surface area contributed by atoms with Crippen molar-refractivity contribution in [2.75, 3.05) is 61.6 Å². The number of aromatic amines is 1. The quantitative estimate of drug-likeness (QED) is 0.401. The molecule has 2 aromatic carbocycles. The van der Waals surface area contributed by atoms with Gasteiger partial charge >= 0.3 is 0 Å². The number of halogens is 4. The number of pyridine rings is 1. The van der Waals surface area contributed by atoms with Crippen molar-refractivity contribution in [3.63, 3.8) is 0 Å². The van der Waals surface area contributed by atoms with Gasteiger partial charge in [0.2, 0.25) is 5.56 Å². The zero-order chi connectivity index (χ0) is 30.1. The molecule has 2 unspecified atom stereocenters. The number of nitrogens with zero attached hydrogens (tertiary/aromatic N) is 3. The number of likely N-dealkylation sites (N-methyl/N-ethyl adjacent to an activating group) is 1. The molecule has 5 rings (SSSR count). The summed E-state index contributed by atoms with van der Waals surface area (Å²) in [6, 6.07) is 8.00. The molecule has 0 spiro atoms. The number of morpholine rings is 1. The van der Waals surface area contributed by atoms with Gasteiger partial charge in [0.1, 0.15) is 11.6 Å². The number of carbonyl (C=O) groups is 1. The molecule has 224 valence electrons. The predicted octanol–water partition coefficient (Wildman–Crippen LogP) is 4.88. The van der Waals surface area contributed by atoms with E-state index in [4.69, 9.17) is 4.74 Å². The number of piperazine rings is 1. The van der Waals surface area contributed by atoms with E-state index in [-0.39, 0.29) is 28.9 Å². The first-order valence-electron chi connectivity index (χ1n) is 13.8. The van der Waals surface area contributed by atoms with Gasteiger partial charge in [0.15, 0.2) is 0 Å². The van der Waals surface area contributed by atoms with Crippen molar-refractivity contribution in [2.24, 2.45) is 0 Å². The van der Waals surface area contributed by atoms with Crippen LogP contribution in [0, 0.1) is 11.6 Å². The fourth-order valence-electron chi connectivity index (χ4n) is 5.54. The lowest BCUT2D eigenvalue weighted by atomic mass is 10.0. The van der Waals surface area contributed by atoms with Gasteiger partial charge in [0.25, 0.3) is 12.3 Å². The zero-order valence-corrected chi connectivity index (χ0v) is 23.6. The number of aromatic nitrogens is 1. The second-order valence-electron chi connectivity index (χ2n) is 10.8. The standard InChI is InChI=1S/C30H33F4N5O3/c1-17-15-39(16-18(2)37(17)3)27-13-23(31)20(19-4-5-26(24(32)10-19)38-6-8-42-9-7-38)11-25(27)36-30(41)22-14-35-28(40)12-21(22)29(33)34/h4-5,10-14,17-18,29H,6-9,15-16H2,1-3H3,(H,35,40)(H,36,41). The highest BCUT2D eigenvalue weighted by atomic mass is 19.3. The molecule has 2 atom stereocenters. The first-order valence-corrected chi connectivity index (χ1v) is 13.8. The van der Waals surface area contributed by atoms with Gasteiger partial charge in [-0.05, 0) is 50.7 Å². The van der Waals surface area contributed by atoms with Crippen molar-refractivity contribution in [3.8, 4) is 11.1 Å². The Morgan fingerprint density at radius 1 is 0.976 bits per heavy atom. The molecule has 1 aromatic heterocycles. The molecule has 2 aliphatic heterocycles. The molecule has 1 amide bonds. The maximum atomic E-state index is 15.8. The average molecular weight is 588 g/mol. The number of anilines is 3. The monoisotopic (exact) mass is 587 g/mol. The normalized spacial score (nSPS) is 19.8. The molecule has 12 heteroatoms. The molecule has 8 nitrogen and oxygen atoms in total. The van der Waals surface area contributed by atoms with E-state index in [2.05, 4.69) is 15.2 Å². The number of alkyl halides is 2. The molecule has 3 heterocycles. The molecule has 2 saturated heterocycles. The van der Waals surface area contributed by atoms with Crippen LogP contribution in [0.15, 0.2) is 47.4 Å². The van der Waals surface area contributed by atoms with Crippen molar-refractivity contribution in [3.05, 3.63) is 75.7 Å². The first kappa shape index (κ1) is 29.6. The van der Waals surface area contributed by atoms with E-state index in [1.165, 1.54) is 18.2 Å². The molecule has 0 bridgehead atoms. The number of amides is 1. The largest absolute Gasteiger partial charge is 0.378 e. The van der Waals surface area contributed by atoms with Crippen LogP contribution in [0.2, 0.25) is 0 Å². The molecule has 42 heavy (non-hydrogen) atoms. The van der Waals surface area contributed by atoms with Gasteiger partial charge in [-0.3, -0.25) is 14.5 Å². The van der Waals surface area contributed by atoms with E-state index < -0.39 is 40.7 Å². The summed E-state index contributed by atoms with van der Waals surface area (Å²) < 4.78 is 63.7. The number of ether oxygens (including phenoxy) is 1. The van der Waals surface area contributed by atoms with Crippen molar-refractivity contribution >= 4 is 23.0 Å². The van der Waals surface area contributed by atoms with Crippen LogP contribution in [0.3, 0.4) is 0 Å². The Morgan fingerprint density at radius 3 is 2.31 bits per heavy atom. The SMILES string of the molecule is CC1CN(c2cc(F)c(-c3ccc(N4CCOCC4)c(F)c3)cc2NC(=O)c2c[nH]c(=O)cc2C(F)F)CC(C)N1C. The highest BCUT2D eigenvalue weighted by Gasteiger charge is 2.30. The van der Waals surface area contributed by atoms with Crippen LogP contribution in [0.5, 0.6) is 0 Å². The Morgan fingerprint density at radius 2 is 1.67 bits per heavy atom. The lowest BCUT2D eigenvalue weighted by Gasteiger charge is -2.44.